The van der Waals surface area contributed by atoms with Gasteiger partial charge >= 0.3 is 5.97 Å². The van der Waals surface area contributed by atoms with Crippen molar-refractivity contribution in [2.75, 3.05) is 20.8 Å². The van der Waals surface area contributed by atoms with Gasteiger partial charge in [0, 0.05) is 25.2 Å². The molecule has 222 valence electrons. The highest BCUT2D eigenvalue weighted by Gasteiger charge is 2.29. The van der Waals surface area contributed by atoms with Crippen molar-refractivity contribution in [3.05, 3.63) is 71.5 Å². The molecule has 1 saturated carbocycles. The minimum Gasteiger partial charge on any atom is -0.496 e. The molecule has 0 spiro atoms. The summed E-state index contributed by atoms with van der Waals surface area (Å²) >= 11 is 0. The van der Waals surface area contributed by atoms with Gasteiger partial charge in [0.15, 0.2) is 0 Å². The first-order valence-electron chi connectivity index (χ1n) is 15.7. The fourth-order valence-corrected chi connectivity index (χ4v) is 6.30. The van der Waals surface area contributed by atoms with Crippen LogP contribution in [0.2, 0.25) is 0 Å². The number of imidazole rings is 1. The monoisotopic (exact) mass is 559 g/mol. The van der Waals surface area contributed by atoms with Gasteiger partial charge in [0.2, 0.25) is 0 Å². The molecule has 3 aromatic rings. The number of benzene rings is 2. The number of carbonyl (C=O) groups excluding carboxylic acids is 1. The third-order valence-corrected chi connectivity index (χ3v) is 8.54. The summed E-state index contributed by atoms with van der Waals surface area (Å²) in [5.41, 5.74) is 4.06. The second-order valence-electron chi connectivity index (χ2n) is 11.5. The summed E-state index contributed by atoms with van der Waals surface area (Å²) in [6.45, 7) is 7.31. The Bertz CT molecular complexity index is 1220. The molecule has 1 fully saturated rings. The summed E-state index contributed by atoms with van der Waals surface area (Å²) in [5, 5.41) is 0. The molecule has 1 unspecified atom stereocenters. The molecule has 1 aromatic heterocycles. The number of ether oxygens (including phenoxy) is 2. The zero-order valence-corrected chi connectivity index (χ0v) is 25.6. The third kappa shape index (κ3) is 8.00. The van der Waals surface area contributed by atoms with E-state index in [1.54, 1.807) is 7.11 Å². The lowest BCUT2D eigenvalue weighted by Crippen LogP contribution is -2.35. The zero-order chi connectivity index (χ0) is 29.0. The summed E-state index contributed by atoms with van der Waals surface area (Å²) in [6, 6.07) is 16.8. The number of methoxy groups -OCH3 is 2. The highest BCUT2D eigenvalue weighted by molar-refractivity contribution is 5.92. The molecule has 0 amide bonds. The quantitative estimate of drug-likeness (QED) is 0.175. The topological polar surface area (TPSA) is 56.6 Å². The first kappa shape index (κ1) is 30.8. The van der Waals surface area contributed by atoms with E-state index in [1.165, 1.54) is 50.5 Å². The summed E-state index contributed by atoms with van der Waals surface area (Å²) in [4.78, 5) is 20.3. The van der Waals surface area contributed by atoms with Gasteiger partial charge in [0.25, 0.3) is 0 Å². The minimum absolute atomic E-state index is 0.238. The fraction of sp³-hybridized carbons (Fsp3) is 0.543. The number of esters is 1. The van der Waals surface area contributed by atoms with Gasteiger partial charge in [-0.1, -0.05) is 88.8 Å². The van der Waals surface area contributed by atoms with Crippen LogP contribution >= 0.6 is 0 Å². The van der Waals surface area contributed by atoms with Crippen LogP contribution in [0.5, 0.6) is 5.75 Å². The maximum Gasteiger partial charge on any atom is 0.341 e. The minimum atomic E-state index is -0.366. The zero-order valence-electron chi connectivity index (χ0n) is 25.6. The van der Waals surface area contributed by atoms with Crippen LogP contribution in [-0.4, -0.2) is 41.2 Å². The van der Waals surface area contributed by atoms with Gasteiger partial charge in [-0.2, -0.15) is 0 Å². The maximum absolute atomic E-state index is 12.6. The van der Waals surface area contributed by atoms with Gasteiger partial charge in [-0.05, 0) is 49.3 Å². The lowest BCUT2D eigenvalue weighted by Gasteiger charge is -2.36. The van der Waals surface area contributed by atoms with Crippen LogP contribution in [0.15, 0.2) is 54.7 Å². The van der Waals surface area contributed by atoms with E-state index in [2.05, 4.69) is 65.9 Å². The van der Waals surface area contributed by atoms with Crippen LogP contribution in [0.4, 0.5) is 0 Å². The molecule has 41 heavy (non-hydrogen) atoms. The molecule has 0 aliphatic heterocycles. The van der Waals surface area contributed by atoms with Crippen molar-refractivity contribution in [2.24, 2.45) is 5.92 Å². The van der Waals surface area contributed by atoms with E-state index in [0.29, 0.717) is 17.2 Å². The van der Waals surface area contributed by atoms with E-state index < -0.39 is 0 Å². The van der Waals surface area contributed by atoms with Crippen LogP contribution in [0.1, 0.15) is 106 Å². The molecule has 4 rings (SSSR count). The number of unbranched alkanes of at least 4 members (excludes halogenated alkanes) is 2. The Morgan fingerprint density at radius 2 is 1.78 bits per heavy atom. The van der Waals surface area contributed by atoms with E-state index in [4.69, 9.17) is 14.5 Å². The van der Waals surface area contributed by atoms with Gasteiger partial charge in [-0.25, -0.2) is 9.78 Å². The van der Waals surface area contributed by atoms with E-state index in [9.17, 15) is 4.79 Å². The molecule has 1 aliphatic carbocycles. The summed E-state index contributed by atoms with van der Waals surface area (Å²) in [7, 11) is 3.02. The molecule has 1 atom stereocenters. The SMILES string of the molecule is CCCCC(c1cnc(-c2ccccc2)n1CCCC)N(Cc1ccc(OC)c(C(=O)OC)c1)CC1CCCCC1. The Kier molecular flexibility index (Phi) is 11.9. The van der Waals surface area contributed by atoms with Gasteiger partial charge in [0.05, 0.1) is 32.2 Å². The molecule has 0 bridgehead atoms. The predicted octanol–water partition coefficient (Wildman–Crippen LogP) is 8.46. The van der Waals surface area contributed by atoms with Crippen LogP contribution in [-0.2, 0) is 17.8 Å². The smallest absolute Gasteiger partial charge is 0.341 e. The Labute approximate surface area is 247 Å². The third-order valence-electron chi connectivity index (χ3n) is 8.54. The molecule has 0 saturated heterocycles. The normalized spacial score (nSPS) is 14.8. The van der Waals surface area contributed by atoms with E-state index in [-0.39, 0.29) is 12.0 Å². The molecule has 6 heteroatoms. The molecule has 0 radical (unpaired) electrons. The largest absolute Gasteiger partial charge is 0.496 e. The van der Waals surface area contributed by atoms with Crippen molar-refractivity contribution >= 4 is 5.97 Å². The van der Waals surface area contributed by atoms with Gasteiger partial charge in [-0.3, -0.25) is 4.90 Å². The van der Waals surface area contributed by atoms with Crippen molar-refractivity contribution in [1.82, 2.24) is 14.5 Å². The number of carbonyl (C=O) groups is 1. The number of hydrogen-bond acceptors (Lipinski definition) is 5. The maximum atomic E-state index is 12.6. The fourth-order valence-electron chi connectivity index (χ4n) is 6.30. The van der Waals surface area contributed by atoms with Crippen molar-refractivity contribution in [1.29, 1.82) is 0 Å². The van der Waals surface area contributed by atoms with Crippen molar-refractivity contribution < 1.29 is 14.3 Å². The Morgan fingerprint density at radius 1 is 1.02 bits per heavy atom. The number of nitrogens with zero attached hydrogens (tertiary/aromatic N) is 3. The van der Waals surface area contributed by atoms with Crippen LogP contribution in [0, 0.1) is 5.92 Å². The van der Waals surface area contributed by atoms with Crippen molar-refractivity contribution in [2.45, 2.75) is 97.2 Å². The lowest BCUT2D eigenvalue weighted by molar-refractivity contribution is 0.0596. The number of hydrogen-bond donors (Lipinski definition) is 0. The predicted molar refractivity (Wildman–Crippen MR) is 166 cm³/mol. The first-order valence-corrected chi connectivity index (χ1v) is 15.7. The summed E-state index contributed by atoms with van der Waals surface area (Å²) in [5.74, 6) is 1.93. The summed E-state index contributed by atoms with van der Waals surface area (Å²) < 4.78 is 13.1. The molecular formula is C35H49N3O3. The van der Waals surface area contributed by atoms with Gasteiger partial charge < -0.3 is 14.0 Å². The van der Waals surface area contributed by atoms with Crippen molar-refractivity contribution in [3.63, 3.8) is 0 Å². The van der Waals surface area contributed by atoms with Crippen molar-refractivity contribution in [3.8, 4) is 17.1 Å². The van der Waals surface area contributed by atoms with E-state index in [0.717, 1.165) is 63.1 Å². The Balaban J connectivity index is 1.76. The molecule has 1 aliphatic rings. The second-order valence-corrected chi connectivity index (χ2v) is 11.5. The molecule has 2 aromatic carbocycles. The molecule has 0 N–H and O–H groups in total. The first-order chi connectivity index (χ1) is 20.1. The Morgan fingerprint density at radius 3 is 2.46 bits per heavy atom. The Hall–Kier alpha value is -3.12. The van der Waals surface area contributed by atoms with Crippen LogP contribution < -0.4 is 4.74 Å². The summed E-state index contributed by atoms with van der Waals surface area (Å²) in [6.07, 6.45) is 14.3. The number of aromatic nitrogens is 2. The lowest BCUT2D eigenvalue weighted by atomic mass is 9.88. The average Bonchev–Trinajstić information content (AvgIpc) is 3.44. The standard InChI is InChI=1S/C35H49N3O3/c1-5-7-19-31(32-24-36-34(38(32)22-8-6-2)29-17-13-10-14-18-29)37(25-27-15-11-9-12-16-27)26-28-20-21-33(40-3)30(23-28)35(39)41-4/h10,13-14,17-18,20-21,23-24,27,31H,5-9,11-12,15-16,19,22,25-26H2,1-4H3. The molecular weight excluding hydrogens is 510 g/mol. The average molecular weight is 560 g/mol. The highest BCUT2D eigenvalue weighted by atomic mass is 16.5. The number of rotatable bonds is 15. The van der Waals surface area contributed by atoms with E-state index >= 15 is 0 Å². The van der Waals surface area contributed by atoms with Gasteiger partial charge in [-0.15, -0.1) is 0 Å². The van der Waals surface area contributed by atoms with Gasteiger partial charge in [0.1, 0.15) is 17.1 Å². The molecule has 1 heterocycles. The van der Waals surface area contributed by atoms with Crippen LogP contribution in [0.25, 0.3) is 11.4 Å². The van der Waals surface area contributed by atoms with Crippen LogP contribution in [0.3, 0.4) is 0 Å². The van der Waals surface area contributed by atoms with E-state index in [1.807, 2.05) is 12.1 Å². The second kappa shape index (κ2) is 15.8. The molecule has 6 nitrogen and oxygen atoms in total. The highest BCUT2D eigenvalue weighted by Crippen LogP contribution is 2.35.